The van der Waals surface area contributed by atoms with Crippen LogP contribution in [-0.4, -0.2) is 47.6 Å². The van der Waals surface area contributed by atoms with Gasteiger partial charge >= 0.3 is 5.97 Å². The predicted octanol–water partition coefficient (Wildman–Crippen LogP) is 0.442. The van der Waals surface area contributed by atoms with E-state index in [1.54, 1.807) is 0 Å². The van der Waals surface area contributed by atoms with Gasteiger partial charge in [0.1, 0.15) is 6.54 Å². The molecule has 0 bridgehead atoms. The second-order valence-corrected chi connectivity index (χ2v) is 6.91. The first kappa shape index (κ1) is 19.5. The monoisotopic (exact) mass is 387 g/mol. The Balaban J connectivity index is 1.47. The Hall–Kier alpha value is -3.23. The van der Waals surface area contributed by atoms with E-state index in [4.69, 9.17) is 10.5 Å². The first-order valence-corrected chi connectivity index (χ1v) is 9.07. The van der Waals surface area contributed by atoms with E-state index in [2.05, 4.69) is 5.32 Å². The Labute approximate surface area is 161 Å². The van der Waals surface area contributed by atoms with Gasteiger partial charge in [-0.1, -0.05) is 12.8 Å². The van der Waals surface area contributed by atoms with Crippen molar-refractivity contribution in [3.8, 4) is 0 Å². The Bertz CT molecular complexity index is 795. The van der Waals surface area contributed by atoms with Crippen molar-refractivity contribution in [2.75, 3.05) is 18.5 Å². The molecule has 1 saturated heterocycles. The number of anilines is 1. The number of carbonyl (C=O) groups excluding carboxylic acids is 5. The maximum atomic E-state index is 12.3. The average Bonchev–Trinajstić information content (AvgIpc) is 2.92. The molecular formula is C19H21N3O6. The quantitative estimate of drug-likeness (QED) is 0.537. The number of imide groups is 1. The molecule has 3 rings (SSSR count). The summed E-state index contributed by atoms with van der Waals surface area (Å²) < 4.78 is 4.88. The number of hydrogen-bond donors (Lipinski definition) is 2. The highest BCUT2D eigenvalue weighted by Crippen LogP contribution is 2.37. The SMILES string of the molecule is NC(=O)c1ccc(NC(=O)COC(=O)CN2C(=O)[C@H]3CCCC[C@@H]3C2=O)cc1. The first-order valence-electron chi connectivity index (χ1n) is 9.07. The van der Waals surface area contributed by atoms with Gasteiger partial charge in [-0.05, 0) is 37.1 Å². The lowest BCUT2D eigenvalue weighted by Crippen LogP contribution is -2.37. The lowest BCUT2D eigenvalue weighted by Gasteiger charge is -2.19. The van der Waals surface area contributed by atoms with Crippen LogP contribution < -0.4 is 11.1 Å². The highest BCUT2D eigenvalue weighted by molar-refractivity contribution is 6.07. The summed E-state index contributed by atoms with van der Waals surface area (Å²) in [5.74, 6) is -3.32. The smallest absolute Gasteiger partial charge is 0.326 e. The summed E-state index contributed by atoms with van der Waals surface area (Å²) in [4.78, 5) is 60.5. The number of carbonyl (C=O) groups is 5. The molecule has 2 fully saturated rings. The van der Waals surface area contributed by atoms with Gasteiger partial charge in [0, 0.05) is 11.3 Å². The van der Waals surface area contributed by atoms with E-state index in [-0.39, 0.29) is 23.7 Å². The van der Waals surface area contributed by atoms with Crippen molar-refractivity contribution in [1.29, 1.82) is 0 Å². The predicted molar refractivity (Wildman–Crippen MR) is 96.7 cm³/mol. The van der Waals surface area contributed by atoms with Gasteiger partial charge in [-0.15, -0.1) is 0 Å². The van der Waals surface area contributed by atoms with Gasteiger partial charge < -0.3 is 15.8 Å². The summed E-state index contributed by atoms with van der Waals surface area (Å²) in [6.07, 6.45) is 3.13. The molecule has 148 valence electrons. The first-order chi connectivity index (χ1) is 13.4. The van der Waals surface area contributed by atoms with Crippen LogP contribution in [-0.2, 0) is 23.9 Å². The van der Waals surface area contributed by atoms with Crippen LogP contribution in [0.2, 0.25) is 0 Å². The van der Waals surface area contributed by atoms with Crippen molar-refractivity contribution in [3.63, 3.8) is 0 Å². The molecule has 0 aromatic heterocycles. The largest absolute Gasteiger partial charge is 0.454 e. The van der Waals surface area contributed by atoms with Crippen LogP contribution in [0.3, 0.4) is 0 Å². The minimum absolute atomic E-state index is 0.296. The third-order valence-corrected chi connectivity index (χ3v) is 5.04. The van der Waals surface area contributed by atoms with Crippen LogP contribution in [0.15, 0.2) is 24.3 Å². The Morgan fingerprint density at radius 1 is 1.04 bits per heavy atom. The number of likely N-dealkylation sites (tertiary alicyclic amines) is 1. The molecule has 2 aliphatic rings. The average molecular weight is 387 g/mol. The molecule has 28 heavy (non-hydrogen) atoms. The van der Waals surface area contributed by atoms with Gasteiger partial charge in [0.15, 0.2) is 6.61 Å². The van der Waals surface area contributed by atoms with Gasteiger partial charge in [-0.2, -0.15) is 0 Å². The van der Waals surface area contributed by atoms with Gasteiger partial charge in [0.05, 0.1) is 11.8 Å². The molecule has 0 spiro atoms. The molecule has 1 saturated carbocycles. The molecule has 4 amide bonds. The summed E-state index contributed by atoms with van der Waals surface area (Å²) in [6.45, 7) is -1.04. The fourth-order valence-corrected chi connectivity index (χ4v) is 3.62. The fourth-order valence-electron chi connectivity index (χ4n) is 3.62. The Morgan fingerprint density at radius 3 is 2.14 bits per heavy atom. The standard InChI is InChI=1S/C19H21N3O6/c20-17(25)11-5-7-12(8-6-11)21-15(23)10-28-16(24)9-22-18(26)13-3-1-2-4-14(13)19(22)27/h5-8,13-14H,1-4,9-10H2,(H2,20,25)(H,21,23)/t13-,14-/m0/s1. The van der Waals surface area contributed by atoms with E-state index in [0.717, 1.165) is 17.7 Å². The van der Waals surface area contributed by atoms with E-state index >= 15 is 0 Å². The van der Waals surface area contributed by atoms with Crippen LogP contribution in [0.4, 0.5) is 5.69 Å². The Kier molecular flexibility index (Phi) is 5.72. The van der Waals surface area contributed by atoms with Crippen LogP contribution in [0.25, 0.3) is 0 Å². The molecule has 1 aliphatic carbocycles. The lowest BCUT2D eigenvalue weighted by atomic mass is 9.81. The minimum Gasteiger partial charge on any atom is -0.454 e. The molecule has 9 heteroatoms. The molecule has 0 radical (unpaired) electrons. The molecule has 1 heterocycles. The van der Waals surface area contributed by atoms with Gasteiger partial charge in [0.25, 0.3) is 5.91 Å². The number of fused-ring (bicyclic) bond motifs is 1. The summed E-state index contributed by atoms with van der Waals surface area (Å²) in [7, 11) is 0. The molecule has 1 aromatic carbocycles. The second-order valence-electron chi connectivity index (χ2n) is 6.91. The van der Waals surface area contributed by atoms with Crippen molar-refractivity contribution in [1.82, 2.24) is 4.90 Å². The second kappa shape index (κ2) is 8.20. The normalized spacial score (nSPS) is 21.2. The molecule has 2 atom stereocenters. The van der Waals surface area contributed by atoms with Crippen LogP contribution in [0, 0.1) is 11.8 Å². The van der Waals surface area contributed by atoms with Crippen molar-refractivity contribution < 1.29 is 28.7 Å². The number of benzene rings is 1. The van der Waals surface area contributed by atoms with Crippen LogP contribution in [0.1, 0.15) is 36.0 Å². The van der Waals surface area contributed by atoms with Crippen molar-refractivity contribution in [3.05, 3.63) is 29.8 Å². The van der Waals surface area contributed by atoms with E-state index in [0.29, 0.717) is 24.1 Å². The van der Waals surface area contributed by atoms with E-state index in [1.807, 2.05) is 0 Å². The zero-order valence-corrected chi connectivity index (χ0v) is 15.2. The van der Waals surface area contributed by atoms with E-state index in [9.17, 15) is 24.0 Å². The molecular weight excluding hydrogens is 366 g/mol. The van der Waals surface area contributed by atoms with Crippen molar-refractivity contribution in [2.45, 2.75) is 25.7 Å². The zero-order valence-electron chi connectivity index (χ0n) is 15.2. The third kappa shape index (κ3) is 4.19. The third-order valence-electron chi connectivity index (χ3n) is 5.04. The zero-order chi connectivity index (χ0) is 20.3. The van der Waals surface area contributed by atoms with Gasteiger partial charge in [0.2, 0.25) is 17.7 Å². The van der Waals surface area contributed by atoms with Gasteiger partial charge in [-0.25, -0.2) is 0 Å². The number of ether oxygens (including phenoxy) is 1. The van der Waals surface area contributed by atoms with Crippen molar-refractivity contribution >= 4 is 35.3 Å². The van der Waals surface area contributed by atoms with E-state index in [1.165, 1.54) is 24.3 Å². The summed E-state index contributed by atoms with van der Waals surface area (Å²) in [6, 6.07) is 5.88. The number of nitrogens with two attached hydrogens (primary N) is 1. The fraction of sp³-hybridized carbons (Fsp3) is 0.421. The highest BCUT2D eigenvalue weighted by atomic mass is 16.5. The van der Waals surface area contributed by atoms with E-state index < -0.39 is 30.9 Å². The molecule has 1 aromatic rings. The number of nitrogens with one attached hydrogen (secondary N) is 1. The number of primary amides is 1. The number of rotatable bonds is 6. The van der Waals surface area contributed by atoms with Gasteiger partial charge in [-0.3, -0.25) is 28.9 Å². The summed E-state index contributed by atoms with van der Waals surface area (Å²) >= 11 is 0. The number of hydrogen-bond acceptors (Lipinski definition) is 6. The lowest BCUT2D eigenvalue weighted by molar-refractivity contribution is -0.154. The number of esters is 1. The maximum absolute atomic E-state index is 12.3. The maximum Gasteiger partial charge on any atom is 0.326 e. The molecule has 0 unspecified atom stereocenters. The Morgan fingerprint density at radius 2 is 1.61 bits per heavy atom. The minimum atomic E-state index is -0.820. The summed E-state index contributed by atoms with van der Waals surface area (Å²) in [5.41, 5.74) is 5.83. The number of amides is 4. The summed E-state index contributed by atoms with van der Waals surface area (Å²) in [5, 5.41) is 2.50. The molecule has 9 nitrogen and oxygen atoms in total. The van der Waals surface area contributed by atoms with Crippen LogP contribution >= 0.6 is 0 Å². The van der Waals surface area contributed by atoms with Crippen LogP contribution in [0.5, 0.6) is 0 Å². The highest BCUT2D eigenvalue weighted by Gasteiger charge is 2.48. The topological polar surface area (TPSA) is 136 Å². The molecule has 3 N–H and O–H groups in total. The van der Waals surface area contributed by atoms with Crippen molar-refractivity contribution in [2.24, 2.45) is 17.6 Å². The number of nitrogens with zero attached hydrogens (tertiary/aromatic N) is 1. The molecule has 1 aliphatic heterocycles.